The van der Waals surface area contributed by atoms with E-state index in [4.69, 9.17) is 9.47 Å². The van der Waals surface area contributed by atoms with E-state index in [0.29, 0.717) is 5.46 Å². The Labute approximate surface area is 303 Å². The number of hydrogen-bond acceptors (Lipinski definition) is 6. The highest BCUT2D eigenvalue weighted by molar-refractivity contribution is 6.58. The molecule has 0 fully saturated rings. The second-order valence-electron chi connectivity index (χ2n) is 14.5. The molecule has 0 radical (unpaired) electrons. The van der Waals surface area contributed by atoms with E-state index in [9.17, 15) is 10.0 Å². The molecule has 3 aromatic carbocycles. The zero-order valence-electron chi connectivity index (χ0n) is 31.4. The van der Waals surface area contributed by atoms with E-state index in [-0.39, 0.29) is 0 Å². The molecule has 0 aliphatic carbocycles. The summed E-state index contributed by atoms with van der Waals surface area (Å²) >= 11 is 0. The van der Waals surface area contributed by atoms with Crippen molar-refractivity contribution < 1.29 is 24.0 Å². The fraction of sp³-hybridized carbons (Fsp3) is 0.571. The monoisotopic (exact) mass is 687 g/mol. The molecule has 0 heterocycles. The molecule has 3 rings (SSSR count). The first kappa shape index (κ1) is 41.2. The lowest BCUT2D eigenvalue weighted by Crippen LogP contribution is -2.39. The summed E-state index contributed by atoms with van der Waals surface area (Å²) in [5.41, 5.74) is 3.37. The van der Waals surface area contributed by atoms with Crippen LogP contribution in [0.1, 0.15) is 122 Å². The number of ether oxygens (including phenoxy) is 2. The summed E-state index contributed by atoms with van der Waals surface area (Å²) in [7, 11) is 3.13. The molecular formula is C42H65BN3O4+. The van der Waals surface area contributed by atoms with Crippen LogP contribution in [0.2, 0.25) is 0 Å². The molecule has 0 bridgehead atoms. The van der Waals surface area contributed by atoms with Crippen molar-refractivity contribution in [3.8, 4) is 11.5 Å². The average molecular weight is 687 g/mol. The van der Waals surface area contributed by atoms with Crippen molar-refractivity contribution in [1.29, 1.82) is 0 Å². The normalized spacial score (nSPS) is 11.7. The summed E-state index contributed by atoms with van der Waals surface area (Å²) in [5, 5.41) is 27.3. The predicted octanol–water partition coefficient (Wildman–Crippen LogP) is 10.5. The first-order valence-corrected chi connectivity index (χ1v) is 19.5. The average Bonchev–Trinajstić information content (AvgIpc) is 3.11. The van der Waals surface area contributed by atoms with Crippen LogP contribution in [-0.2, 0) is 6.54 Å². The van der Waals surface area contributed by atoms with Crippen molar-refractivity contribution in [1.82, 2.24) is 0 Å². The van der Waals surface area contributed by atoms with E-state index >= 15 is 0 Å². The van der Waals surface area contributed by atoms with E-state index < -0.39 is 7.12 Å². The highest BCUT2D eigenvalue weighted by Crippen LogP contribution is 2.24. The SMILES string of the molecule is CCCCCCCCCCCCOc1ccc(N=Nc2ccc(OCCCCCCCCC[N+](C)(C)Cc3ccc(B(O)O)cc3)cc2)cc1. The van der Waals surface area contributed by atoms with Gasteiger partial charge in [0.05, 0.1) is 45.2 Å². The van der Waals surface area contributed by atoms with Crippen molar-refractivity contribution in [2.45, 2.75) is 123 Å². The van der Waals surface area contributed by atoms with Crippen LogP contribution < -0.4 is 14.9 Å². The summed E-state index contributed by atoms with van der Waals surface area (Å²) < 4.78 is 12.8. The first-order chi connectivity index (χ1) is 24.3. The minimum absolute atomic E-state index is 0.539. The molecule has 0 aromatic heterocycles. The van der Waals surface area contributed by atoms with Crippen LogP contribution in [0.15, 0.2) is 83.0 Å². The van der Waals surface area contributed by atoms with Crippen LogP contribution in [0.3, 0.4) is 0 Å². The van der Waals surface area contributed by atoms with Crippen LogP contribution >= 0.6 is 0 Å². The first-order valence-electron chi connectivity index (χ1n) is 19.5. The summed E-state index contributed by atoms with van der Waals surface area (Å²) in [6.07, 6.45) is 21.8. The van der Waals surface area contributed by atoms with Gasteiger partial charge in [-0.2, -0.15) is 10.2 Å². The molecule has 274 valence electrons. The summed E-state index contributed by atoms with van der Waals surface area (Å²) in [6, 6.07) is 23.3. The second kappa shape index (κ2) is 24.9. The second-order valence-corrected chi connectivity index (χ2v) is 14.5. The number of hydrogen-bond donors (Lipinski definition) is 2. The van der Waals surface area contributed by atoms with Crippen LogP contribution in [0.5, 0.6) is 11.5 Å². The Morgan fingerprint density at radius 3 is 1.34 bits per heavy atom. The lowest BCUT2D eigenvalue weighted by atomic mass is 9.80. The Kier molecular flexibility index (Phi) is 20.5. The van der Waals surface area contributed by atoms with Gasteiger partial charge in [0, 0.05) is 5.56 Å². The number of quaternary nitrogens is 1. The minimum atomic E-state index is -1.40. The van der Waals surface area contributed by atoms with Crippen LogP contribution in [0.25, 0.3) is 0 Å². The Balaban J connectivity index is 1.17. The standard InChI is InChI=1S/C42H65BN3O4/c1-4-5-6-7-8-9-10-13-16-19-34-49-41-29-25-39(26-30-41)44-45-40-27-31-42(32-28-40)50-35-20-17-14-11-12-15-18-33-46(2,3)36-37-21-23-38(24-22-37)43(47)48/h21-32,47-48H,4-20,33-36H2,1-3H3/q+1. The molecule has 0 saturated heterocycles. The number of azo groups is 1. The van der Waals surface area contributed by atoms with Crippen molar-refractivity contribution in [3.63, 3.8) is 0 Å². The topological polar surface area (TPSA) is 83.6 Å². The fourth-order valence-electron chi connectivity index (χ4n) is 6.20. The molecule has 2 N–H and O–H groups in total. The lowest BCUT2D eigenvalue weighted by molar-refractivity contribution is -0.903. The largest absolute Gasteiger partial charge is 0.494 e. The highest BCUT2D eigenvalue weighted by atomic mass is 16.5. The van der Waals surface area contributed by atoms with Crippen molar-refractivity contribution in [2.75, 3.05) is 33.9 Å². The molecule has 0 atom stereocenters. The van der Waals surface area contributed by atoms with Gasteiger partial charge in [-0.3, -0.25) is 0 Å². The lowest BCUT2D eigenvalue weighted by Gasteiger charge is -2.30. The molecule has 0 aliphatic rings. The number of unbranched alkanes of at least 4 members (excludes halogenated alkanes) is 15. The van der Waals surface area contributed by atoms with Gasteiger partial charge in [0.1, 0.15) is 18.0 Å². The third-order valence-electron chi connectivity index (χ3n) is 9.29. The number of nitrogens with zero attached hydrogens (tertiary/aromatic N) is 3. The van der Waals surface area contributed by atoms with Gasteiger partial charge in [-0.15, -0.1) is 0 Å². The molecule has 3 aromatic rings. The molecule has 0 unspecified atom stereocenters. The summed E-state index contributed by atoms with van der Waals surface area (Å²) in [5.74, 6) is 1.76. The van der Waals surface area contributed by atoms with Crippen molar-refractivity contribution in [3.05, 3.63) is 78.4 Å². The zero-order valence-corrected chi connectivity index (χ0v) is 31.4. The quantitative estimate of drug-likeness (QED) is 0.0345. The van der Waals surface area contributed by atoms with E-state index in [1.165, 1.54) is 102 Å². The van der Waals surface area contributed by atoms with Crippen molar-refractivity contribution >= 4 is 24.0 Å². The molecule has 8 heteroatoms. The van der Waals surface area contributed by atoms with Gasteiger partial charge < -0.3 is 24.0 Å². The Morgan fingerprint density at radius 2 is 0.920 bits per heavy atom. The van der Waals surface area contributed by atoms with E-state index in [1.54, 1.807) is 12.1 Å². The third-order valence-corrected chi connectivity index (χ3v) is 9.29. The molecule has 0 spiro atoms. The van der Waals surface area contributed by atoms with Gasteiger partial charge in [-0.1, -0.05) is 115 Å². The Bertz CT molecular complexity index is 1300. The maximum Gasteiger partial charge on any atom is 0.488 e. The minimum Gasteiger partial charge on any atom is -0.494 e. The van der Waals surface area contributed by atoms with Gasteiger partial charge in [0.25, 0.3) is 0 Å². The predicted molar refractivity (Wildman–Crippen MR) is 209 cm³/mol. The summed E-state index contributed by atoms with van der Waals surface area (Å²) in [4.78, 5) is 0. The summed E-state index contributed by atoms with van der Waals surface area (Å²) in [6.45, 7) is 5.86. The molecular weight excluding hydrogens is 621 g/mol. The fourth-order valence-corrected chi connectivity index (χ4v) is 6.20. The number of rotatable bonds is 28. The molecule has 0 saturated carbocycles. The van der Waals surface area contributed by atoms with Crippen molar-refractivity contribution in [2.24, 2.45) is 10.2 Å². The Hall–Kier alpha value is -3.20. The van der Waals surface area contributed by atoms with Gasteiger partial charge in [-0.25, -0.2) is 0 Å². The van der Waals surface area contributed by atoms with E-state index in [2.05, 4.69) is 31.2 Å². The van der Waals surface area contributed by atoms with Crippen LogP contribution in [0, 0.1) is 0 Å². The maximum absolute atomic E-state index is 9.28. The third kappa shape index (κ3) is 18.7. The smallest absolute Gasteiger partial charge is 0.488 e. The van der Waals surface area contributed by atoms with Crippen LogP contribution in [-0.4, -0.2) is 55.5 Å². The molecule has 7 nitrogen and oxygen atoms in total. The highest BCUT2D eigenvalue weighted by Gasteiger charge is 2.16. The van der Waals surface area contributed by atoms with Gasteiger partial charge in [0.15, 0.2) is 0 Å². The maximum atomic E-state index is 9.28. The Morgan fingerprint density at radius 1 is 0.520 bits per heavy atom. The number of benzene rings is 3. The van der Waals surface area contributed by atoms with Gasteiger partial charge in [-0.05, 0) is 79.7 Å². The zero-order chi connectivity index (χ0) is 35.7. The van der Waals surface area contributed by atoms with E-state index in [1.807, 2.05) is 60.7 Å². The van der Waals surface area contributed by atoms with Gasteiger partial charge in [0.2, 0.25) is 0 Å². The molecule has 50 heavy (non-hydrogen) atoms. The molecule has 0 amide bonds. The van der Waals surface area contributed by atoms with E-state index in [0.717, 1.165) is 66.5 Å². The van der Waals surface area contributed by atoms with Crippen LogP contribution in [0.4, 0.5) is 11.4 Å². The molecule has 0 aliphatic heterocycles. The van der Waals surface area contributed by atoms with Gasteiger partial charge >= 0.3 is 7.12 Å².